The van der Waals surface area contributed by atoms with Crippen molar-refractivity contribution in [1.29, 1.82) is 0 Å². The van der Waals surface area contributed by atoms with Gasteiger partial charge in [0.1, 0.15) is 11.8 Å². The van der Waals surface area contributed by atoms with Crippen molar-refractivity contribution in [2.45, 2.75) is 18.9 Å². The lowest BCUT2D eigenvalue weighted by Gasteiger charge is -2.13. The highest BCUT2D eigenvalue weighted by Crippen LogP contribution is 2.24. The monoisotopic (exact) mass is 420 g/mol. The molecule has 3 aromatic rings. The van der Waals surface area contributed by atoms with Crippen molar-refractivity contribution in [3.05, 3.63) is 60.3 Å². The predicted molar refractivity (Wildman–Crippen MR) is 117 cm³/mol. The molecule has 31 heavy (non-hydrogen) atoms. The molecule has 8 nitrogen and oxygen atoms in total. The second-order valence-electron chi connectivity index (χ2n) is 7.51. The topological polar surface area (TPSA) is 92.7 Å². The molecule has 160 valence electrons. The molecule has 1 saturated heterocycles. The predicted octanol–water partition coefficient (Wildman–Crippen LogP) is 2.68. The van der Waals surface area contributed by atoms with E-state index in [0.717, 1.165) is 22.2 Å². The van der Waals surface area contributed by atoms with Gasteiger partial charge in [-0.3, -0.25) is 14.5 Å². The van der Waals surface area contributed by atoms with E-state index in [2.05, 4.69) is 10.6 Å². The molecule has 8 heteroatoms. The molecule has 2 N–H and O–H groups in total. The molecule has 1 aromatic heterocycles. The van der Waals surface area contributed by atoms with Gasteiger partial charge in [-0.25, -0.2) is 4.79 Å². The van der Waals surface area contributed by atoms with E-state index < -0.39 is 12.1 Å². The fourth-order valence-electron chi connectivity index (χ4n) is 3.76. The average molecular weight is 420 g/mol. The smallest absolute Gasteiger partial charge is 0.324 e. The lowest BCUT2D eigenvalue weighted by atomic mass is 10.1. The van der Waals surface area contributed by atoms with E-state index >= 15 is 0 Å². The number of carbonyl (C=O) groups excluding carboxylic acids is 3. The number of benzene rings is 2. The molecule has 2 aromatic carbocycles. The first-order valence-electron chi connectivity index (χ1n) is 10.0. The Balaban J connectivity index is 1.36. The lowest BCUT2D eigenvalue weighted by Crippen LogP contribution is -2.35. The van der Waals surface area contributed by atoms with Crippen LogP contribution in [0.2, 0.25) is 0 Å². The van der Waals surface area contributed by atoms with Crippen LogP contribution < -0.4 is 15.4 Å². The molecule has 1 aliphatic rings. The zero-order valence-electron chi connectivity index (χ0n) is 17.4. The van der Waals surface area contributed by atoms with E-state index in [4.69, 9.17) is 4.74 Å². The molecular weight excluding hydrogens is 396 g/mol. The van der Waals surface area contributed by atoms with Crippen LogP contribution in [-0.4, -0.2) is 47.0 Å². The molecule has 0 spiro atoms. The van der Waals surface area contributed by atoms with Crippen LogP contribution in [0.1, 0.15) is 12.0 Å². The third kappa shape index (κ3) is 4.23. The molecule has 0 radical (unpaired) electrons. The van der Waals surface area contributed by atoms with Gasteiger partial charge in [-0.2, -0.15) is 0 Å². The van der Waals surface area contributed by atoms with Crippen LogP contribution in [0.3, 0.4) is 0 Å². The van der Waals surface area contributed by atoms with Gasteiger partial charge in [-0.05, 0) is 42.3 Å². The van der Waals surface area contributed by atoms with E-state index in [-0.39, 0.29) is 24.8 Å². The SMILES string of the molecule is COc1ccc(CCN2C(=O)N[C@H](CC(=O)Nc3cccc4c3ccn4C)C2=O)cc1. The number of amides is 4. The van der Waals surface area contributed by atoms with Crippen molar-refractivity contribution in [2.24, 2.45) is 7.05 Å². The molecule has 0 aliphatic carbocycles. The Morgan fingerprint density at radius 1 is 1.13 bits per heavy atom. The Morgan fingerprint density at radius 3 is 2.65 bits per heavy atom. The highest BCUT2D eigenvalue weighted by atomic mass is 16.5. The Kier molecular flexibility index (Phi) is 5.62. The minimum Gasteiger partial charge on any atom is -0.497 e. The summed E-state index contributed by atoms with van der Waals surface area (Å²) in [6.45, 7) is 0.248. The van der Waals surface area contributed by atoms with Crippen molar-refractivity contribution in [1.82, 2.24) is 14.8 Å². The van der Waals surface area contributed by atoms with Gasteiger partial charge in [-0.15, -0.1) is 0 Å². The van der Waals surface area contributed by atoms with Gasteiger partial charge in [0.2, 0.25) is 5.91 Å². The first-order valence-corrected chi connectivity index (χ1v) is 10.0. The summed E-state index contributed by atoms with van der Waals surface area (Å²) in [5, 5.41) is 6.39. The first-order chi connectivity index (χ1) is 15.0. The number of anilines is 1. The second kappa shape index (κ2) is 8.51. The number of nitrogens with zero attached hydrogens (tertiary/aromatic N) is 2. The molecule has 0 saturated carbocycles. The lowest BCUT2D eigenvalue weighted by molar-refractivity contribution is -0.129. The van der Waals surface area contributed by atoms with Gasteiger partial charge in [0.15, 0.2) is 0 Å². The Morgan fingerprint density at radius 2 is 1.90 bits per heavy atom. The van der Waals surface area contributed by atoms with Crippen LogP contribution in [0.5, 0.6) is 5.75 Å². The second-order valence-corrected chi connectivity index (χ2v) is 7.51. The molecule has 1 atom stereocenters. The van der Waals surface area contributed by atoms with Crippen LogP contribution in [-0.2, 0) is 23.1 Å². The molecule has 4 rings (SSSR count). The Bertz CT molecular complexity index is 1140. The van der Waals surface area contributed by atoms with Gasteiger partial charge < -0.3 is 19.9 Å². The number of hydrogen-bond donors (Lipinski definition) is 2. The largest absolute Gasteiger partial charge is 0.497 e. The van der Waals surface area contributed by atoms with Crippen LogP contribution >= 0.6 is 0 Å². The molecular formula is C23H24N4O4. The summed E-state index contributed by atoms with van der Waals surface area (Å²) < 4.78 is 7.10. The number of fused-ring (bicyclic) bond motifs is 1. The highest BCUT2D eigenvalue weighted by Gasteiger charge is 2.38. The average Bonchev–Trinajstić information content (AvgIpc) is 3.27. The number of urea groups is 1. The quantitative estimate of drug-likeness (QED) is 0.575. The van der Waals surface area contributed by atoms with Crippen molar-refractivity contribution in [2.75, 3.05) is 19.0 Å². The molecule has 4 amide bonds. The maximum atomic E-state index is 12.7. The maximum Gasteiger partial charge on any atom is 0.324 e. The van der Waals surface area contributed by atoms with E-state index in [0.29, 0.717) is 12.1 Å². The standard InChI is InChI=1S/C23H24N4O4/c1-26-12-11-17-18(4-3-5-20(17)26)24-21(28)14-19-22(29)27(23(30)25-19)13-10-15-6-8-16(31-2)9-7-15/h3-9,11-12,19H,10,13-14H2,1-2H3,(H,24,28)(H,25,30)/t19-/m1/s1. The summed E-state index contributed by atoms with van der Waals surface area (Å²) in [7, 11) is 3.53. The number of carbonyl (C=O) groups is 3. The molecule has 0 unspecified atom stereocenters. The third-order valence-corrected chi connectivity index (χ3v) is 5.48. The summed E-state index contributed by atoms with van der Waals surface area (Å²) in [6.07, 6.45) is 2.33. The fraction of sp³-hybridized carbons (Fsp3) is 0.261. The number of imide groups is 1. The van der Waals surface area contributed by atoms with E-state index in [1.807, 2.05) is 66.3 Å². The zero-order valence-corrected chi connectivity index (χ0v) is 17.4. The van der Waals surface area contributed by atoms with E-state index in [1.165, 1.54) is 4.90 Å². The van der Waals surface area contributed by atoms with Gasteiger partial charge in [-0.1, -0.05) is 18.2 Å². The first kappa shape index (κ1) is 20.5. The maximum absolute atomic E-state index is 12.7. The number of methoxy groups -OCH3 is 1. The van der Waals surface area contributed by atoms with Crippen LogP contribution in [0.4, 0.5) is 10.5 Å². The molecule has 1 aliphatic heterocycles. The van der Waals surface area contributed by atoms with Crippen molar-refractivity contribution in [3.8, 4) is 5.75 Å². The van der Waals surface area contributed by atoms with E-state index in [1.54, 1.807) is 7.11 Å². The number of hydrogen-bond acceptors (Lipinski definition) is 4. The number of aromatic nitrogens is 1. The van der Waals surface area contributed by atoms with Gasteiger partial charge >= 0.3 is 6.03 Å². The van der Waals surface area contributed by atoms with Crippen LogP contribution in [0, 0.1) is 0 Å². The summed E-state index contributed by atoms with van der Waals surface area (Å²) in [6, 6.07) is 13.7. The summed E-state index contributed by atoms with van der Waals surface area (Å²) in [5.74, 6) is 0.0367. The molecule has 2 heterocycles. The third-order valence-electron chi connectivity index (χ3n) is 5.48. The minimum absolute atomic E-state index is 0.118. The van der Waals surface area contributed by atoms with Crippen LogP contribution in [0.25, 0.3) is 10.9 Å². The molecule has 1 fully saturated rings. The van der Waals surface area contributed by atoms with Gasteiger partial charge in [0, 0.05) is 30.7 Å². The zero-order chi connectivity index (χ0) is 22.0. The highest BCUT2D eigenvalue weighted by molar-refractivity contribution is 6.08. The number of rotatable bonds is 7. The van der Waals surface area contributed by atoms with Crippen molar-refractivity contribution in [3.63, 3.8) is 0 Å². The van der Waals surface area contributed by atoms with E-state index in [9.17, 15) is 14.4 Å². The van der Waals surface area contributed by atoms with Crippen molar-refractivity contribution < 1.29 is 19.1 Å². The number of aryl methyl sites for hydroxylation is 1. The minimum atomic E-state index is -0.863. The Hall–Kier alpha value is -3.81. The summed E-state index contributed by atoms with van der Waals surface area (Å²) >= 11 is 0. The number of ether oxygens (including phenoxy) is 1. The molecule has 0 bridgehead atoms. The van der Waals surface area contributed by atoms with Crippen molar-refractivity contribution >= 4 is 34.4 Å². The van der Waals surface area contributed by atoms with Crippen LogP contribution in [0.15, 0.2) is 54.7 Å². The van der Waals surface area contributed by atoms with Gasteiger partial charge in [0.05, 0.1) is 19.2 Å². The summed E-state index contributed by atoms with van der Waals surface area (Å²) in [5.41, 5.74) is 2.66. The fourth-order valence-corrected chi connectivity index (χ4v) is 3.76. The summed E-state index contributed by atoms with van der Waals surface area (Å²) in [4.78, 5) is 38.7. The Labute approximate surface area is 179 Å². The number of nitrogens with one attached hydrogen (secondary N) is 2. The van der Waals surface area contributed by atoms with Gasteiger partial charge in [0.25, 0.3) is 5.91 Å². The normalized spacial score (nSPS) is 15.9.